The number of benzene rings is 1. The lowest BCUT2D eigenvalue weighted by atomic mass is 9.95. The molecule has 3 aromatic heterocycles. The largest absolute Gasteiger partial charge is 1.00 e. The first-order chi connectivity index (χ1) is 25.1. The van der Waals surface area contributed by atoms with E-state index in [2.05, 4.69) is 126 Å². The molecule has 0 amide bonds. The summed E-state index contributed by atoms with van der Waals surface area (Å²) in [5, 5.41) is 0. The number of unbranched alkanes of at least 4 members (excludes halogenated alkanes) is 9. The Hall–Kier alpha value is -1.89. The summed E-state index contributed by atoms with van der Waals surface area (Å²) in [5.41, 5.74) is 9.11. The van der Waals surface area contributed by atoms with Gasteiger partial charge in [-0.15, -0.1) is 0 Å². The fourth-order valence-corrected chi connectivity index (χ4v) is 7.23. The maximum absolute atomic E-state index is 2.54. The highest BCUT2D eigenvalue weighted by Crippen LogP contribution is 2.18. The summed E-state index contributed by atoms with van der Waals surface area (Å²) < 4.78 is 7.11. The van der Waals surface area contributed by atoms with Gasteiger partial charge in [-0.3, -0.25) is 0 Å². The van der Waals surface area contributed by atoms with Gasteiger partial charge in [0.15, 0.2) is 37.2 Å². The Bertz CT molecular complexity index is 1280. The van der Waals surface area contributed by atoms with Gasteiger partial charge in [0.2, 0.25) is 0 Å². The molecule has 0 atom stereocenters. The number of hydrogen-bond acceptors (Lipinski definition) is 0. The highest BCUT2D eigenvalue weighted by atomic mass is 79.9. The van der Waals surface area contributed by atoms with E-state index in [0.29, 0.717) is 0 Å². The summed E-state index contributed by atoms with van der Waals surface area (Å²) in [5.74, 6) is 0. The molecule has 0 unspecified atom stereocenters. The van der Waals surface area contributed by atoms with Gasteiger partial charge in [0.1, 0.15) is 19.6 Å². The van der Waals surface area contributed by atoms with Gasteiger partial charge in [0, 0.05) is 55.7 Å². The second-order valence-electron chi connectivity index (χ2n) is 15.2. The maximum atomic E-state index is 2.54. The van der Waals surface area contributed by atoms with Crippen LogP contribution in [0.15, 0.2) is 91.8 Å². The Morgan fingerprint density at radius 2 is 0.537 bits per heavy atom. The van der Waals surface area contributed by atoms with Gasteiger partial charge in [-0.05, 0) is 130 Å². The predicted molar refractivity (Wildman–Crippen MR) is 215 cm³/mol. The molecule has 0 saturated heterocycles. The average Bonchev–Trinajstić information content (AvgIpc) is 3.16. The van der Waals surface area contributed by atoms with E-state index >= 15 is 0 Å². The van der Waals surface area contributed by atoms with Crippen molar-refractivity contribution < 1.29 is 64.6 Å². The molecule has 0 N–H and O–H groups in total. The van der Waals surface area contributed by atoms with Crippen LogP contribution in [0.5, 0.6) is 0 Å². The summed E-state index contributed by atoms with van der Waals surface area (Å²) >= 11 is 0. The van der Waals surface area contributed by atoms with E-state index in [1.807, 2.05) is 0 Å². The molecular weight excluding hydrogens is 858 g/mol. The lowest BCUT2D eigenvalue weighted by Gasteiger charge is -2.11. The van der Waals surface area contributed by atoms with Crippen LogP contribution in [0, 0.1) is 0 Å². The van der Waals surface area contributed by atoms with Gasteiger partial charge in [0.25, 0.3) is 0 Å². The number of pyridine rings is 3. The Morgan fingerprint density at radius 3 is 0.778 bits per heavy atom. The number of aromatic nitrogens is 3. The van der Waals surface area contributed by atoms with E-state index in [-0.39, 0.29) is 50.9 Å². The molecule has 0 saturated carbocycles. The van der Waals surface area contributed by atoms with Crippen molar-refractivity contribution in [3.05, 3.63) is 125 Å². The summed E-state index contributed by atoms with van der Waals surface area (Å²) in [4.78, 5) is 0. The topological polar surface area (TPSA) is 11.6 Å². The second-order valence-corrected chi connectivity index (χ2v) is 15.2. The molecule has 54 heavy (non-hydrogen) atoms. The van der Waals surface area contributed by atoms with Crippen LogP contribution in [0.3, 0.4) is 0 Å². The van der Waals surface area contributed by atoms with Gasteiger partial charge in [-0.1, -0.05) is 58.2 Å². The highest BCUT2D eigenvalue weighted by Gasteiger charge is 2.07. The molecule has 3 heterocycles. The Labute approximate surface area is 362 Å². The van der Waals surface area contributed by atoms with E-state index in [0.717, 1.165) is 19.6 Å². The van der Waals surface area contributed by atoms with Crippen LogP contribution in [0.1, 0.15) is 150 Å². The van der Waals surface area contributed by atoms with E-state index in [1.165, 1.54) is 152 Å². The standard InChI is InChI=1S/C48H72N3.3BrH/c1-4-7-19-43-25-34-49(35-26-43)31-16-10-13-22-46-40-47(23-14-11-17-32-50-36-27-44(28-37-50)20-8-5-2)42-48(41-46)24-15-12-18-33-51-38-29-45(30-39-51)21-9-6-3;;;/h25-30,34-42H,4-24,31-33H2,1-3H3;3*1H/q+3;;;/p-3. The number of hydrogen-bond donors (Lipinski definition) is 0. The van der Waals surface area contributed by atoms with Crippen LogP contribution >= 0.6 is 0 Å². The number of halogens is 3. The minimum absolute atomic E-state index is 0. The van der Waals surface area contributed by atoms with Crippen molar-refractivity contribution >= 4 is 0 Å². The summed E-state index contributed by atoms with van der Waals surface area (Å²) in [6, 6.07) is 21.5. The third-order valence-electron chi connectivity index (χ3n) is 10.6. The molecule has 0 fully saturated rings. The molecule has 0 radical (unpaired) electrons. The minimum Gasteiger partial charge on any atom is -1.00 e. The van der Waals surface area contributed by atoms with Crippen LogP contribution in [0.25, 0.3) is 0 Å². The zero-order valence-corrected chi connectivity index (χ0v) is 38.9. The van der Waals surface area contributed by atoms with Crippen LogP contribution in [-0.2, 0) is 58.2 Å². The molecule has 300 valence electrons. The van der Waals surface area contributed by atoms with Crippen LogP contribution < -0.4 is 64.6 Å². The molecule has 4 rings (SSSR count). The van der Waals surface area contributed by atoms with Crippen molar-refractivity contribution in [1.29, 1.82) is 0 Å². The van der Waals surface area contributed by atoms with Crippen LogP contribution in [0.4, 0.5) is 0 Å². The molecule has 1 aromatic carbocycles. The average molecular weight is 931 g/mol. The molecule has 3 nitrogen and oxygen atoms in total. The molecule has 6 heteroatoms. The van der Waals surface area contributed by atoms with Crippen molar-refractivity contribution in [2.24, 2.45) is 0 Å². The van der Waals surface area contributed by atoms with E-state index < -0.39 is 0 Å². The smallest absolute Gasteiger partial charge is 0.169 e. The molecule has 0 aliphatic carbocycles. The van der Waals surface area contributed by atoms with Gasteiger partial charge >= 0.3 is 0 Å². The fourth-order valence-electron chi connectivity index (χ4n) is 7.23. The van der Waals surface area contributed by atoms with Gasteiger partial charge in [-0.25, -0.2) is 13.7 Å². The lowest BCUT2D eigenvalue weighted by molar-refractivity contribution is -0.697. The maximum Gasteiger partial charge on any atom is 0.169 e. The highest BCUT2D eigenvalue weighted by molar-refractivity contribution is 5.31. The first-order valence-electron chi connectivity index (χ1n) is 21.2. The number of rotatable bonds is 27. The van der Waals surface area contributed by atoms with E-state index in [4.69, 9.17) is 0 Å². The van der Waals surface area contributed by atoms with Crippen molar-refractivity contribution in [2.75, 3.05) is 0 Å². The SMILES string of the molecule is CCCCc1cc[n+](CCCCCc2cc(CCCCC[n+]3ccc(CCCC)cc3)cc(CCCCC[n+]3ccc(CCCC)cc3)c2)cc1.[Br-].[Br-].[Br-]. The van der Waals surface area contributed by atoms with Gasteiger partial charge in [0.05, 0.1) is 0 Å². The molecular formula is C48H72Br3N3. The van der Waals surface area contributed by atoms with Gasteiger partial charge < -0.3 is 50.9 Å². The molecule has 4 aromatic rings. The summed E-state index contributed by atoms with van der Waals surface area (Å²) in [6.45, 7) is 10.2. The minimum atomic E-state index is 0. The van der Waals surface area contributed by atoms with Crippen LogP contribution in [0.2, 0.25) is 0 Å². The summed E-state index contributed by atoms with van der Waals surface area (Å²) in [6.07, 6.45) is 40.1. The first kappa shape index (κ1) is 50.1. The lowest BCUT2D eigenvalue weighted by Crippen LogP contribution is -3.00. The van der Waals surface area contributed by atoms with E-state index in [1.54, 1.807) is 16.7 Å². The van der Waals surface area contributed by atoms with Gasteiger partial charge in [-0.2, -0.15) is 0 Å². The zero-order valence-electron chi connectivity index (χ0n) is 34.1. The monoisotopic (exact) mass is 927 g/mol. The van der Waals surface area contributed by atoms with Crippen molar-refractivity contribution in [2.45, 2.75) is 175 Å². The third-order valence-corrected chi connectivity index (χ3v) is 10.6. The predicted octanol–water partition coefficient (Wildman–Crippen LogP) is 1.83. The van der Waals surface area contributed by atoms with Crippen LogP contribution in [-0.4, -0.2) is 0 Å². The molecule has 0 spiro atoms. The molecule has 0 aliphatic heterocycles. The molecule has 0 aliphatic rings. The third kappa shape index (κ3) is 20.9. The second kappa shape index (κ2) is 31.2. The normalized spacial score (nSPS) is 10.7. The van der Waals surface area contributed by atoms with E-state index in [9.17, 15) is 0 Å². The van der Waals surface area contributed by atoms with Crippen molar-refractivity contribution in [3.8, 4) is 0 Å². The zero-order chi connectivity index (χ0) is 35.8. The quantitative estimate of drug-likeness (QED) is 0.0641. The Kier molecular flexibility index (Phi) is 29.0. The molecule has 0 bridgehead atoms. The van der Waals surface area contributed by atoms with Crippen molar-refractivity contribution in [3.63, 3.8) is 0 Å². The Balaban J connectivity index is 0.00000486. The number of nitrogens with zero attached hydrogens (tertiary/aromatic N) is 3. The number of aryl methyl sites for hydroxylation is 9. The van der Waals surface area contributed by atoms with Crippen molar-refractivity contribution in [1.82, 2.24) is 0 Å². The fraction of sp³-hybridized carbons (Fsp3) is 0.562. The summed E-state index contributed by atoms with van der Waals surface area (Å²) in [7, 11) is 0. The Morgan fingerprint density at radius 1 is 0.296 bits per heavy atom. The first-order valence-corrected chi connectivity index (χ1v) is 21.2.